The van der Waals surface area contributed by atoms with Crippen molar-refractivity contribution in [3.05, 3.63) is 133 Å². The average Bonchev–Trinajstić information content (AvgIpc) is 4.00. The van der Waals surface area contributed by atoms with Crippen LogP contribution in [0.1, 0.15) is 38.5 Å². The van der Waals surface area contributed by atoms with Gasteiger partial charge >= 0.3 is 11.3 Å². The van der Waals surface area contributed by atoms with Crippen LogP contribution in [0.15, 0.2) is 133 Å². The molecule has 2 amide bonds. The highest BCUT2D eigenvalue weighted by Crippen LogP contribution is 2.39. The number of nitrogens with one attached hydrogen (secondary N) is 2. The second-order valence-corrected chi connectivity index (χ2v) is 16.7. The van der Waals surface area contributed by atoms with E-state index in [0.717, 1.165) is 104 Å². The Labute approximate surface area is 355 Å². The largest absolute Gasteiger partial charge is 0.353 e. The summed E-state index contributed by atoms with van der Waals surface area (Å²) in [5.74, 6) is -0.00416. The molecular formula is C52H44N8O2+2. The Bertz CT molecular complexity index is 3460. The van der Waals surface area contributed by atoms with Crippen LogP contribution in [0.3, 0.4) is 0 Å². The molecule has 0 aliphatic rings. The molecule has 4 aromatic heterocycles. The lowest BCUT2D eigenvalue weighted by molar-refractivity contribution is -0.632. The van der Waals surface area contributed by atoms with Gasteiger partial charge < -0.3 is 10.6 Å². The molecule has 0 aliphatic carbocycles. The molecule has 0 bridgehead atoms. The number of rotatable bonds is 13. The molecule has 10 nitrogen and oxygen atoms in total. The average molecular weight is 813 g/mol. The van der Waals surface area contributed by atoms with Gasteiger partial charge in [0.25, 0.3) is 11.8 Å². The maximum atomic E-state index is 13.4. The summed E-state index contributed by atoms with van der Waals surface area (Å²) < 4.78 is 8.15. The number of unbranched alkanes of at least 4 members (excludes halogenated alkanes) is 5. The number of aromatic nitrogens is 6. The summed E-state index contributed by atoms with van der Waals surface area (Å²) in [6.45, 7) is 1.74. The van der Waals surface area contributed by atoms with Crippen LogP contribution in [0.25, 0.3) is 98.3 Å². The monoisotopic (exact) mass is 812 g/mol. The maximum Gasteiger partial charge on any atom is 0.309 e. The summed E-state index contributed by atoms with van der Waals surface area (Å²) in [5.41, 5.74) is 7.68. The van der Waals surface area contributed by atoms with Crippen LogP contribution in [0, 0.1) is 0 Å². The molecule has 0 fully saturated rings. The highest BCUT2D eigenvalue weighted by molar-refractivity contribution is 6.30. The molecule has 10 heteroatoms. The van der Waals surface area contributed by atoms with E-state index in [1.54, 1.807) is 0 Å². The zero-order valence-corrected chi connectivity index (χ0v) is 34.3. The molecule has 302 valence electrons. The van der Waals surface area contributed by atoms with Gasteiger partial charge in [-0.05, 0) is 69.4 Å². The lowest BCUT2D eigenvalue weighted by atomic mass is 10.1. The van der Waals surface area contributed by atoms with Crippen LogP contribution >= 0.6 is 0 Å². The lowest BCUT2D eigenvalue weighted by Crippen LogP contribution is -2.43. The Kier molecular flexibility index (Phi) is 8.58. The molecule has 0 unspecified atom stereocenters. The molecule has 62 heavy (non-hydrogen) atoms. The number of imidazole rings is 2. The molecule has 4 heterocycles. The van der Waals surface area contributed by atoms with E-state index in [2.05, 4.69) is 129 Å². The van der Waals surface area contributed by atoms with Gasteiger partial charge in [0.1, 0.15) is 11.0 Å². The van der Waals surface area contributed by atoms with Gasteiger partial charge in [-0.2, -0.15) is 0 Å². The first kappa shape index (κ1) is 36.4. The van der Waals surface area contributed by atoms with Gasteiger partial charge in [0, 0.05) is 46.8 Å². The zero-order chi connectivity index (χ0) is 41.3. The van der Waals surface area contributed by atoms with E-state index in [0.29, 0.717) is 13.1 Å². The Morgan fingerprint density at radius 3 is 1.31 bits per heavy atom. The van der Waals surface area contributed by atoms with Crippen molar-refractivity contribution >= 4 is 110 Å². The molecule has 0 atom stereocenters. The minimum atomic E-state index is -0.00208. The van der Waals surface area contributed by atoms with Crippen molar-refractivity contribution in [3.63, 3.8) is 0 Å². The fourth-order valence-electron chi connectivity index (χ4n) is 10.1. The van der Waals surface area contributed by atoms with E-state index in [1.165, 1.54) is 32.3 Å². The maximum absolute atomic E-state index is 13.4. The molecular weight excluding hydrogens is 769 g/mol. The lowest BCUT2D eigenvalue weighted by Gasteiger charge is -2.06. The normalized spacial score (nSPS) is 12.3. The molecule has 2 N–H and O–H groups in total. The third-order valence-electron chi connectivity index (χ3n) is 13.0. The number of hydrogen-bond donors (Lipinski definition) is 2. The first-order valence-electron chi connectivity index (χ1n) is 21.9. The molecule has 0 aliphatic heterocycles. The number of para-hydroxylation sites is 4. The van der Waals surface area contributed by atoms with Gasteiger partial charge in [-0.3, -0.25) is 9.59 Å². The third kappa shape index (κ3) is 5.77. The highest BCUT2D eigenvalue weighted by atomic mass is 16.2. The minimum Gasteiger partial charge on any atom is -0.353 e. The van der Waals surface area contributed by atoms with Crippen molar-refractivity contribution in [2.45, 2.75) is 51.6 Å². The minimum absolute atomic E-state index is 0.00208. The predicted octanol–water partition coefficient (Wildman–Crippen LogP) is 8.93. The van der Waals surface area contributed by atoms with E-state index >= 15 is 0 Å². The van der Waals surface area contributed by atoms with Crippen molar-refractivity contribution in [3.8, 4) is 0 Å². The van der Waals surface area contributed by atoms with Crippen LogP contribution < -0.4 is 19.8 Å². The Morgan fingerprint density at radius 1 is 0.452 bits per heavy atom. The van der Waals surface area contributed by atoms with Crippen molar-refractivity contribution < 1.29 is 18.7 Å². The first-order valence-corrected chi connectivity index (χ1v) is 21.9. The second-order valence-electron chi connectivity index (χ2n) is 16.7. The second kappa shape index (κ2) is 14.6. The van der Waals surface area contributed by atoms with Crippen LogP contribution in [0.5, 0.6) is 0 Å². The van der Waals surface area contributed by atoms with Crippen molar-refractivity contribution in [2.75, 3.05) is 13.1 Å². The number of amides is 2. The molecule has 8 aromatic carbocycles. The van der Waals surface area contributed by atoms with E-state index in [4.69, 9.17) is 10.2 Å². The number of carbonyl (C=O) groups excluding carboxylic acids is 2. The first-order chi connectivity index (χ1) is 30.6. The molecule has 0 saturated carbocycles. The molecule has 12 rings (SSSR count). The quantitative estimate of drug-likeness (QED) is 0.0898. The summed E-state index contributed by atoms with van der Waals surface area (Å²) in [4.78, 5) is 26.7. The Balaban J connectivity index is 0.640. The molecule has 12 aromatic rings. The van der Waals surface area contributed by atoms with Crippen LogP contribution in [-0.2, 0) is 22.7 Å². The number of carbonyl (C=O) groups is 2. The third-order valence-corrected chi connectivity index (χ3v) is 13.0. The highest BCUT2D eigenvalue weighted by Gasteiger charge is 2.27. The topological polar surface area (TPSA) is 101 Å². The van der Waals surface area contributed by atoms with Gasteiger partial charge in [0.2, 0.25) is 11.0 Å². The van der Waals surface area contributed by atoms with Gasteiger partial charge in [-0.15, -0.1) is 0 Å². The van der Waals surface area contributed by atoms with Gasteiger partial charge in [0.15, 0.2) is 24.1 Å². The summed E-state index contributed by atoms with van der Waals surface area (Å²) in [7, 11) is 0. The Morgan fingerprint density at radius 2 is 0.855 bits per heavy atom. The van der Waals surface area contributed by atoms with E-state index < -0.39 is 0 Å². The summed E-state index contributed by atoms with van der Waals surface area (Å²) in [6.07, 6.45) is 6.13. The number of hydrogen-bond acceptors (Lipinski definition) is 4. The Hall–Kier alpha value is -7.46. The zero-order valence-electron chi connectivity index (χ0n) is 34.3. The van der Waals surface area contributed by atoms with Gasteiger partial charge in [0.05, 0.1) is 0 Å². The summed E-state index contributed by atoms with van der Waals surface area (Å²) >= 11 is 0. The molecule has 0 radical (unpaired) electrons. The van der Waals surface area contributed by atoms with Crippen molar-refractivity contribution in [1.82, 2.24) is 29.9 Å². The van der Waals surface area contributed by atoms with Crippen LogP contribution in [0.2, 0.25) is 0 Å². The number of benzene rings is 6. The summed E-state index contributed by atoms with van der Waals surface area (Å²) in [5, 5.41) is 28.5. The predicted molar refractivity (Wildman–Crippen MR) is 247 cm³/mol. The van der Waals surface area contributed by atoms with Crippen molar-refractivity contribution in [2.24, 2.45) is 0 Å². The van der Waals surface area contributed by atoms with Crippen molar-refractivity contribution in [1.29, 1.82) is 0 Å². The van der Waals surface area contributed by atoms with E-state index in [9.17, 15) is 9.59 Å². The number of nitrogens with zero attached hydrogens (tertiary/aromatic N) is 6. The number of fused-ring (bicyclic) bond motifs is 12. The molecule has 0 spiro atoms. The smallest absolute Gasteiger partial charge is 0.309 e. The van der Waals surface area contributed by atoms with Gasteiger partial charge in [-0.1, -0.05) is 142 Å². The van der Waals surface area contributed by atoms with Crippen LogP contribution in [0.4, 0.5) is 0 Å². The fourth-order valence-corrected chi connectivity index (χ4v) is 10.1. The van der Waals surface area contributed by atoms with Gasteiger partial charge in [-0.25, -0.2) is 9.13 Å². The molecule has 0 saturated heterocycles. The fraction of sp³-hybridized carbons (Fsp3) is 0.192. The van der Waals surface area contributed by atoms with E-state index in [-0.39, 0.29) is 24.9 Å². The van der Waals surface area contributed by atoms with Crippen LogP contribution in [-0.4, -0.2) is 44.1 Å². The standard InChI is InChI=1S/C52H42N8O2/c61-45(31-57-41-23-5-7-25-43(41)59-47(57)29-39-35-19-11-15-33-17-13-21-37(49(33)35)51(39)55-59)53-27-9-3-1-2-4-10-28-54-46(62)32-58-42-24-6-8-26-44(42)60-48(58)30-40-36-20-12-16-34-18-14-22-38(50(34)36)52(40)56-60/h5-8,11-26,29-30H,1-4,9-10,27-28,31-32H2/p+2. The van der Waals surface area contributed by atoms with E-state index in [1.807, 2.05) is 33.3 Å². The summed E-state index contributed by atoms with van der Waals surface area (Å²) in [6, 6.07) is 46.4. The SMILES string of the molecule is O=C(C[n+]1c2ccccc2n2nc3c(cc21)c1cccc2cccc3c21)NCCCCCCCCNC(=O)C[n+]1c2ccccc2n2nc3c(cc21)c1cccc2cccc3c21.